The van der Waals surface area contributed by atoms with Gasteiger partial charge in [0.25, 0.3) is 5.91 Å². The molecule has 1 fully saturated rings. The van der Waals surface area contributed by atoms with Crippen molar-refractivity contribution < 1.29 is 14.0 Å². The molecule has 0 saturated carbocycles. The third kappa shape index (κ3) is 4.61. The third-order valence-electron chi connectivity index (χ3n) is 5.18. The van der Waals surface area contributed by atoms with Crippen LogP contribution < -0.4 is 0 Å². The molecule has 1 aromatic heterocycles. The highest BCUT2D eigenvalue weighted by Gasteiger charge is 2.26. The first kappa shape index (κ1) is 20.7. The van der Waals surface area contributed by atoms with E-state index < -0.39 is 5.82 Å². The molecule has 1 aliphatic rings. The van der Waals surface area contributed by atoms with E-state index >= 15 is 0 Å². The molecular weight excluding hydrogens is 423 g/mol. The molecule has 4 rings (SSSR count). The average Bonchev–Trinajstić information content (AvgIpc) is 3.18. The molecule has 2 aromatic carbocycles. The van der Waals surface area contributed by atoms with Gasteiger partial charge in [-0.15, -0.1) is 11.3 Å². The van der Waals surface area contributed by atoms with Gasteiger partial charge in [0, 0.05) is 48.7 Å². The Kier molecular flexibility index (Phi) is 6.27. The van der Waals surface area contributed by atoms with Crippen LogP contribution in [0.5, 0.6) is 0 Å². The smallest absolute Gasteiger partial charge is 0.254 e. The van der Waals surface area contributed by atoms with Crippen molar-refractivity contribution in [1.29, 1.82) is 0 Å². The van der Waals surface area contributed by atoms with E-state index in [4.69, 9.17) is 11.6 Å². The Morgan fingerprint density at radius 1 is 0.900 bits per heavy atom. The number of benzene rings is 2. The third-order valence-corrected chi connectivity index (χ3v) is 6.39. The van der Waals surface area contributed by atoms with E-state index in [9.17, 15) is 14.0 Å². The molecule has 0 unspecified atom stereocenters. The number of hydrogen-bond donors (Lipinski definition) is 0. The zero-order valence-corrected chi connectivity index (χ0v) is 17.8. The number of nitrogens with zero attached hydrogens (tertiary/aromatic N) is 2. The van der Waals surface area contributed by atoms with Crippen LogP contribution >= 0.6 is 22.9 Å². The predicted molar refractivity (Wildman–Crippen MR) is 117 cm³/mol. The van der Waals surface area contributed by atoms with Crippen LogP contribution in [0.3, 0.4) is 0 Å². The Morgan fingerprint density at radius 2 is 1.57 bits per heavy atom. The lowest BCUT2D eigenvalue weighted by Gasteiger charge is -2.34. The lowest BCUT2D eigenvalue weighted by atomic mass is 9.97. The van der Waals surface area contributed by atoms with Crippen LogP contribution in [0, 0.1) is 5.82 Å². The average molecular weight is 443 g/mol. The minimum absolute atomic E-state index is 0.153. The Labute approximate surface area is 183 Å². The molecule has 7 heteroatoms. The van der Waals surface area contributed by atoms with Gasteiger partial charge in [0.05, 0.1) is 9.90 Å². The minimum Gasteiger partial charge on any atom is -0.336 e. The topological polar surface area (TPSA) is 40.6 Å². The molecule has 0 atom stereocenters. The molecule has 4 nitrogen and oxygen atoms in total. The van der Waals surface area contributed by atoms with E-state index in [1.165, 1.54) is 29.1 Å². The van der Waals surface area contributed by atoms with E-state index in [1.807, 2.05) is 12.1 Å². The lowest BCUT2D eigenvalue weighted by Crippen LogP contribution is -2.48. The van der Waals surface area contributed by atoms with Gasteiger partial charge in [-0.1, -0.05) is 29.8 Å². The number of amides is 1. The van der Waals surface area contributed by atoms with Crippen molar-refractivity contribution in [3.8, 4) is 0 Å². The Bertz CT molecular complexity index is 1060. The summed E-state index contributed by atoms with van der Waals surface area (Å²) in [4.78, 5) is 31.4. The van der Waals surface area contributed by atoms with Crippen LogP contribution in [0.4, 0.5) is 4.39 Å². The lowest BCUT2D eigenvalue weighted by molar-refractivity contribution is 0.0627. The first-order chi connectivity index (χ1) is 14.5. The zero-order chi connectivity index (χ0) is 21.1. The number of carbonyl (C=O) groups is 2. The largest absolute Gasteiger partial charge is 0.336 e. The van der Waals surface area contributed by atoms with Gasteiger partial charge >= 0.3 is 0 Å². The Balaban J connectivity index is 1.45. The highest BCUT2D eigenvalue weighted by molar-refractivity contribution is 7.16. The van der Waals surface area contributed by atoms with Gasteiger partial charge in [0.2, 0.25) is 0 Å². The fraction of sp³-hybridized carbons (Fsp3) is 0.217. The maximum Gasteiger partial charge on any atom is 0.254 e. The Morgan fingerprint density at radius 3 is 2.20 bits per heavy atom. The summed E-state index contributed by atoms with van der Waals surface area (Å²) in [7, 11) is 0. The summed E-state index contributed by atoms with van der Waals surface area (Å²) < 4.78 is 14.0. The maximum atomic E-state index is 13.2. The molecule has 1 saturated heterocycles. The van der Waals surface area contributed by atoms with Crippen molar-refractivity contribution in [2.24, 2.45) is 0 Å². The fourth-order valence-electron chi connectivity index (χ4n) is 3.56. The van der Waals surface area contributed by atoms with Gasteiger partial charge in [-0.05, 0) is 42.5 Å². The van der Waals surface area contributed by atoms with Gasteiger partial charge in [0.15, 0.2) is 5.78 Å². The van der Waals surface area contributed by atoms with Crippen molar-refractivity contribution in [1.82, 2.24) is 9.80 Å². The van der Waals surface area contributed by atoms with Crippen LogP contribution in [0.15, 0.2) is 60.7 Å². The minimum atomic E-state index is -0.404. The quantitative estimate of drug-likeness (QED) is 0.536. The summed E-state index contributed by atoms with van der Waals surface area (Å²) in [5.41, 5.74) is 1.08. The van der Waals surface area contributed by atoms with Crippen LogP contribution in [0.2, 0.25) is 4.34 Å². The van der Waals surface area contributed by atoms with Gasteiger partial charge < -0.3 is 4.90 Å². The highest BCUT2D eigenvalue weighted by Crippen LogP contribution is 2.23. The zero-order valence-electron chi connectivity index (χ0n) is 16.2. The van der Waals surface area contributed by atoms with Crippen LogP contribution in [-0.2, 0) is 6.54 Å². The van der Waals surface area contributed by atoms with Crippen molar-refractivity contribution in [3.63, 3.8) is 0 Å². The monoisotopic (exact) mass is 442 g/mol. The molecule has 0 spiro atoms. The normalized spacial score (nSPS) is 14.7. The van der Waals surface area contributed by atoms with E-state index in [-0.39, 0.29) is 11.7 Å². The molecule has 0 bridgehead atoms. The molecular formula is C23H20ClFN2O2S. The van der Waals surface area contributed by atoms with Gasteiger partial charge in [0.1, 0.15) is 5.82 Å². The molecule has 30 heavy (non-hydrogen) atoms. The number of rotatable bonds is 5. The Hall–Kier alpha value is -2.54. The van der Waals surface area contributed by atoms with Gasteiger partial charge in [-0.25, -0.2) is 4.39 Å². The first-order valence-corrected chi connectivity index (χ1v) is 10.9. The predicted octanol–water partition coefficient (Wildman–Crippen LogP) is 4.73. The van der Waals surface area contributed by atoms with Crippen molar-refractivity contribution in [2.75, 3.05) is 26.2 Å². The second-order valence-electron chi connectivity index (χ2n) is 7.16. The second kappa shape index (κ2) is 9.08. The van der Waals surface area contributed by atoms with Gasteiger partial charge in [-0.2, -0.15) is 0 Å². The molecule has 1 amide bonds. The summed E-state index contributed by atoms with van der Waals surface area (Å²) in [6.07, 6.45) is 0. The summed E-state index contributed by atoms with van der Waals surface area (Å²) >= 11 is 7.58. The number of ketones is 1. The molecule has 3 aromatic rings. The summed E-state index contributed by atoms with van der Waals surface area (Å²) in [6, 6.07) is 16.1. The van der Waals surface area contributed by atoms with Crippen LogP contribution in [0.1, 0.15) is 31.2 Å². The molecule has 1 aliphatic heterocycles. The second-order valence-corrected chi connectivity index (χ2v) is 8.96. The molecule has 2 heterocycles. The molecule has 0 radical (unpaired) electrons. The van der Waals surface area contributed by atoms with E-state index in [1.54, 1.807) is 40.5 Å². The summed E-state index contributed by atoms with van der Waals surface area (Å²) in [5.74, 6) is -0.842. The first-order valence-electron chi connectivity index (χ1n) is 9.66. The van der Waals surface area contributed by atoms with Crippen molar-refractivity contribution >= 4 is 34.6 Å². The SMILES string of the molecule is O=C(c1ccc(F)cc1)c1ccccc1C(=O)N1CCN(Cc2ccc(Cl)s2)CC1. The summed E-state index contributed by atoms with van der Waals surface area (Å²) in [6.45, 7) is 3.53. The fourth-order valence-corrected chi connectivity index (χ4v) is 4.69. The van der Waals surface area contributed by atoms with E-state index in [0.717, 1.165) is 24.0 Å². The number of piperazine rings is 1. The van der Waals surface area contributed by atoms with Crippen LogP contribution in [-0.4, -0.2) is 47.7 Å². The van der Waals surface area contributed by atoms with Crippen molar-refractivity contribution in [3.05, 3.63) is 92.4 Å². The molecule has 0 N–H and O–H groups in total. The standard InChI is InChI=1S/C23H20ClFN2O2S/c24-21-10-9-18(30-21)15-26-11-13-27(14-12-26)23(29)20-4-2-1-3-19(20)22(28)16-5-7-17(25)8-6-16/h1-10H,11-15H2. The molecule has 0 aliphatic carbocycles. The number of carbonyl (C=O) groups excluding carboxylic acids is 2. The van der Waals surface area contributed by atoms with E-state index in [2.05, 4.69) is 4.90 Å². The van der Waals surface area contributed by atoms with Crippen LogP contribution in [0.25, 0.3) is 0 Å². The molecule has 154 valence electrons. The van der Waals surface area contributed by atoms with Gasteiger partial charge in [-0.3, -0.25) is 14.5 Å². The summed E-state index contributed by atoms with van der Waals surface area (Å²) in [5, 5.41) is 0. The van der Waals surface area contributed by atoms with Crippen molar-refractivity contribution in [2.45, 2.75) is 6.54 Å². The van der Waals surface area contributed by atoms with E-state index in [0.29, 0.717) is 29.8 Å². The number of thiophene rings is 1. The highest BCUT2D eigenvalue weighted by atomic mass is 35.5. The maximum absolute atomic E-state index is 13.2. The number of halogens is 2. The number of hydrogen-bond acceptors (Lipinski definition) is 4.